The van der Waals surface area contributed by atoms with Crippen molar-refractivity contribution in [2.45, 2.75) is 31.2 Å². The van der Waals surface area contributed by atoms with E-state index in [1.54, 1.807) is 7.05 Å². The first-order valence-electron chi connectivity index (χ1n) is 8.91. The van der Waals surface area contributed by atoms with Crippen molar-refractivity contribution in [3.63, 3.8) is 0 Å². The van der Waals surface area contributed by atoms with E-state index in [0.717, 1.165) is 17.9 Å². The Hall–Kier alpha value is -2.33. The highest BCUT2D eigenvalue weighted by molar-refractivity contribution is 5.80. The molecule has 0 amide bonds. The minimum absolute atomic E-state index is 0.0612. The minimum atomic E-state index is 0.0612. The third-order valence-corrected chi connectivity index (χ3v) is 4.93. The molecule has 1 fully saturated rings. The van der Waals surface area contributed by atoms with Crippen LogP contribution in [0.4, 0.5) is 0 Å². The summed E-state index contributed by atoms with van der Waals surface area (Å²) < 4.78 is 0. The lowest BCUT2D eigenvalue weighted by atomic mass is 10.0. The summed E-state index contributed by atoms with van der Waals surface area (Å²) in [5.41, 5.74) is 3.91. The summed E-state index contributed by atoms with van der Waals surface area (Å²) >= 11 is 0. The molecular weight excluding hydrogens is 310 g/mol. The van der Waals surface area contributed by atoms with E-state index in [0.29, 0.717) is 18.5 Å². The van der Waals surface area contributed by atoms with Gasteiger partial charge in [-0.3, -0.25) is 4.99 Å². The van der Waals surface area contributed by atoms with Crippen LogP contribution in [0, 0.1) is 6.92 Å². The zero-order chi connectivity index (χ0) is 17.6. The van der Waals surface area contributed by atoms with Crippen molar-refractivity contribution in [2.24, 2.45) is 4.99 Å². The Balaban J connectivity index is 1.53. The lowest BCUT2D eigenvalue weighted by molar-refractivity contribution is 0.265. The van der Waals surface area contributed by atoms with Gasteiger partial charge in [0.1, 0.15) is 0 Å². The Labute approximate surface area is 150 Å². The second kappa shape index (κ2) is 8.17. The van der Waals surface area contributed by atoms with Crippen molar-refractivity contribution in [3.05, 3.63) is 71.3 Å². The molecule has 25 heavy (non-hydrogen) atoms. The third kappa shape index (κ3) is 4.40. The third-order valence-electron chi connectivity index (χ3n) is 4.93. The quantitative estimate of drug-likeness (QED) is 0.561. The van der Waals surface area contributed by atoms with Gasteiger partial charge >= 0.3 is 0 Å². The number of hydrogen-bond acceptors (Lipinski definition) is 2. The molecule has 3 rings (SSSR count). The number of aryl methyl sites for hydroxylation is 1. The fourth-order valence-electron chi connectivity index (χ4n) is 3.30. The number of nitrogens with one attached hydrogen (secondary N) is 2. The highest BCUT2D eigenvalue weighted by Gasteiger charge is 2.39. The molecule has 0 spiro atoms. The molecule has 4 heteroatoms. The normalized spacial score (nSPS) is 20.8. The monoisotopic (exact) mass is 337 g/mol. The van der Waals surface area contributed by atoms with Crippen LogP contribution in [-0.4, -0.2) is 37.3 Å². The molecule has 2 aromatic carbocycles. The Bertz CT molecular complexity index is 714. The largest absolute Gasteiger partial charge is 0.396 e. The molecule has 1 saturated carbocycles. The van der Waals surface area contributed by atoms with Gasteiger partial charge in [0.05, 0.1) is 6.61 Å². The maximum Gasteiger partial charge on any atom is 0.191 e. The number of aliphatic hydroxyl groups excluding tert-OH is 1. The Morgan fingerprint density at radius 2 is 1.88 bits per heavy atom. The van der Waals surface area contributed by atoms with Gasteiger partial charge in [0, 0.05) is 31.5 Å². The molecule has 0 radical (unpaired) electrons. The highest BCUT2D eigenvalue weighted by Crippen LogP contribution is 2.42. The average molecular weight is 337 g/mol. The summed E-state index contributed by atoms with van der Waals surface area (Å²) in [4.78, 5) is 4.33. The van der Waals surface area contributed by atoms with Crippen LogP contribution < -0.4 is 10.6 Å². The second-order valence-corrected chi connectivity index (χ2v) is 6.69. The van der Waals surface area contributed by atoms with Gasteiger partial charge in [-0.15, -0.1) is 0 Å². The summed E-state index contributed by atoms with van der Waals surface area (Å²) in [5.74, 6) is 1.42. The highest BCUT2D eigenvalue weighted by atomic mass is 16.3. The van der Waals surface area contributed by atoms with Gasteiger partial charge in [0.15, 0.2) is 5.96 Å². The van der Waals surface area contributed by atoms with Gasteiger partial charge in [0.25, 0.3) is 0 Å². The van der Waals surface area contributed by atoms with Gasteiger partial charge in [-0.05, 0) is 30.0 Å². The number of hydrogen-bond donors (Lipinski definition) is 3. The molecule has 0 heterocycles. The first-order valence-corrected chi connectivity index (χ1v) is 8.91. The van der Waals surface area contributed by atoms with E-state index in [1.165, 1.54) is 11.1 Å². The van der Waals surface area contributed by atoms with Gasteiger partial charge < -0.3 is 15.7 Å². The van der Waals surface area contributed by atoms with E-state index >= 15 is 0 Å². The molecular formula is C21H27N3O. The predicted molar refractivity (Wildman–Crippen MR) is 103 cm³/mol. The second-order valence-electron chi connectivity index (χ2n) is 6.69. The van der Waals surface area contributed by atoms with Gasteiger partial charge in [-0.25, -0.2) is 0 Å². The molecule has 0 aliphatic heterocycles. The first-order chi connectivity index (χ1) is 12.2. The van der Waals surface area contributed by atoms with E-state index in [9.17, 15) is 5.11 Å². The number of aliphatic imine (C=N–C) groups is 1. The van der Waals surface area contributed by atoms with Crippen molar-refractivity contribution < 1.29 is 5.11 Å². The summed E-state index contributed by atoms with van der Waals surface area (Å²) in [6, 6.07) is 19.1. The van der Waals surface area contributed by atoms with Crippen LogP contribution in [0.15, 0.2) is 59.6 Å². The van der Waals surface area contributed by atoms with Crippen LogP contribution in [0.5, 0.6) is 0 Å². The lowest BCUT2D eigenvalue weighted by Crippen LogP contribution is -2.41. The Kier molecular flexibility index (Phi) is 5.71. The molecule has 3 unspecified atom stereocenters. The molecule has 1 aliphatic rings. The smallest absolute Gasteiger partial charge is 0.191 e. The van der Waals surface area contributed by atoms with Crippen LogP contribution in [-0.2, 0) is 0 Å². The summed E-state index contributed by atoms with van der Waals surface area (Å²) in [5, 5.41) is 16.5. The van der Waals surface area contributed by atoms with E-state index in [1.807, 2.05) is 30.3 Å². The number of nitrogens with zero attached hydrogens (tertiary/aromatic N) is 1. The molecule has 3 N–H and O–H groups in total. The predicted octanol–water partition coefficient (Wildman–Crippen LogP) is 2.79. The standard InChI is InChI=1S/C21H27N3O/c1-15-8-6-7-11-18(15)19-12-20(19)24-21(22-2)23-13-17(14-25)16-9-4-3-5-10-16/h3-11,17,19-20,25H,12-14H2,1-2H3,(H2,22,23,24). The van der Waals surface area contributed by atoms with Crippen LogP contribution in [0.3, 0.4) is 0 Å². The van der Waals surface area contributed by atoms with Gasteiger partial charge in [-0.2, -0.15) is 0 Å². The van der Waals surface area contributed by atoms with E-state index in [2.05, 4.69) is 46.8 Å². The van der Waals surface area contributed by atoms with Crippen molar-refractivity contribution in [1.82, 2.24) is 10.6 Å². The van der Waals surface area contributed by atoms with Crippen LogP contribution in [0.2, 0.25) is 0 Å². The Morgan fingerprint density at radius 1 is 1.16 bits per heavy atom. The minimum Gasteiger partial charge on any atom is -0.396 e. The number of aliphatic hydroxyl groups is 1. The van der Waals surface area contributed by atoms with Crippen molar-refractivity contribution in [3.8, 4) is 0 Å². The Morgan fingerprint density at radius 3 is 2.56 bits per heavy atom. The van der Waals surface area contributed by atoms with Crippen molar-refractivity contribution in [1.29, 1.82) is 0 Å². The number of guanidine groups is 1. The van der Waals surface area contributed by atoms with E-state index in [-0.39, 0.29) is 12.5 Å². The van der Waals surface area contributed by atoms with Gasteiger partial charge in [0.2, 0.25) is 0 Å². The lowest BCUT2D eigenvalue weighted by Gasteiger charge is -2.18. The number of benzene rings is 2. The van der Waals surface area contributed by atoms with Gasteiger partial charge in [-0.1, -0.05) is 54.6 Å². The SMILES string of the molecule is CN=C(NCC(CO)c1ccccc1)NC1CC1c1ccccc1C. The van der Waals surface area contributed by atoms with Crippen molar-refractivity contribution in [2.75, 3.05) is 20.2 Å². The summed E-state index contributed by atoms with van der Waals surface area (Å²) in [6.07, 6.45) is 1.13. The first kappa shape index (κ1) is 17.5. The zero-order valence-corrected chi connectivity index (χ0v) is 14.9. The number of rotatable bonds is 6. The van der Waals surface area contributed by atoms with Crippen molar-refractivity contribution >= 4 is 5.96 Å². The maximum absolute atomic E-state index is 9.68. The van der Waals surface area contributed by atoms with E-state index in [4.69, 9.17) is 0 Å². The molecule has 132 valence electrons. The molecule has 0 aromatic heterocycles. The molecule has 2 aromatic rings. The maximum atomic E-state index is 9.68. The molecule has 3 atom stereocenters. The zero-order valence-electron chi connectivity index (χ0n) is 14.9. The van der Waals surface area contributed by atoms with Crippen LogP contribution >= 0.6 is 0 Å². The van der Waals surface area contributed by atoms with E-state index < -0.39 is 0 Å². The fourth-order valence-corrected chi connectivity index (χ4v) is 3.30. The topological polar surface area (TPSA) is 56.7 Å². The molecule has 0 saturated heterocycles. The summed E-state index contributed by atoms with van der Waals surface area (Å²) in [7, 11) is 1.79. The molecule has 0 bridgehead atoms. The average Bonchev–Trinajstić information content (AvgIpc) is 3.41. The van der Waals surface area contributed by atoms with Crippen LogP contribution in [0.25, 0.3) is 0 Å². The summed E-state index contributed by atoms with van der Waals surface area (Å²) in [6.45, 7) is 2.94. The fraction of sp³-hybridized carbons (Fsp3) is 0.381. The molecule has 1 aliphatic carbocycles. The van der Waals surface area contributed by atoms with Crippen LogP contribution in [0.1, 0.15) is 34.9 Å². The molecule has 4 nitrogen and oxygen atoms in total.